The number of rotatable bonds is 5. The third kappa shape index (κ3) is 4.26. The highest BCUT2D eigenvalue weighted by molar-refractivity contribution is 8.00. The van der Waals surface area contributed by atoms with Crippen LogP contribution in [0.25, 0.3) is 0 Å². The van der Waals surface area contributed by atoms with Gasteiger partial charge < -0.3 is 15.8 Å². The number of nitrogen functional groups attached to an aromatic ring is 1. The zero-order valence-corrected chi connectivity index (χ0v) is 14.5. The molecule has 0 bridgehead atoms. The van der Waals surface area contributed by atoms with Gasteiger partial charge in [0.15, 0.2) is 0 Å². The number of thiophene rings is 1. The van der Waals surface area contributed by atoms with Crippen molar-refractivity contribution in [3.05, 3.63) is 33.5 Å². The Bertz CT molecular complexity index is 911. The number of hydrogen-bond acceptors (Lipinski definition) is 9. The van der Waals surface area contributed by atoms with Crippen LogP contribution in [-0.2, 0) is 9.53 Å². The molecule has 0 aliphatic rings. The summed E-state index contributed by atoms with van der Waals surface area (Å²) in [5, 5.41) is 22.5. The molecule has 3 N–H and O–H groups in total. The molecule has 2 heterocycles. The normalized spacial score (nSPS) is 9.72. The second kappa shape index (κ2) is 8.15. The van der Waals surface area contributed by atoms with Gasteiger partial charge in [-0.2, -0.15) is 10.5 Å². The molecule has 0 aliphatic heterocycles. The van der Waals surface area contributed by atoms with Crippen LogP contribution >= 0.6 is 23.1 Å². The molecule has 0 saturated heterocycles. The maximum atomic E-state index is 12.1. The number of thioether (sulfide) groups is 1. The highest BCUT2D eigenvalue weighted by Gasteiger charge is 2.17. The van der Waals surface area contributed by atoms with E-state index in [1.807, 2.05) is 12.1 Å². The largest absolute Gasteiger partial charge is 0.465 e. The van der Waals surface area contributed by atoms with Crippen molar-refractivity contribution in [2.75, 3.05) is 23.9 Å². The maximum Gasteiger partial charge on any atom is 0.350 e. The summed E-state index contributed by atoms with van der Waals surface area (Å²) in [4.78, 5) is 27.9. The number of anilines is 2. The van der Waals surface area contributed by atoms with Gasteiger partial charge in [0, 0.05) is 0 Å². The van der Waals surface area contributed by atoms with Gasteiger partial charge in [0.2, 0.25) is 5.91 Å². The molecule has 0 aliphatic carbocycles. The van der Waals surface area contributed by atoms with E-state index in [2.05, 4.69) is 15.0 Å². The number of nitrogens with one attached hydrogen (secondary N) is 1. The number of pyridine rings is 1. The van der Waals surface area contributed by atoms with E-state index < -0.39 is 5.97 Å². The van der Waals surface area contributed by atoms with Crippen LogP contribution in [0.4, 0.5) is 11.5 Å². The molecule has 0 radical (unpaired) electrons. The van der Waals surface area contributed by atoms with Crippen LogP contribution < -0.4 is 11.1 Å². The number of nitrogens with zero attached hydrogens (tertiary/aromatic N) is 3. The number of amides is 1. The van der Waals surface area contributed by atoms with Crippen molar-refractivity contribution in [1.29, 1.82) is 10.5 Å². The quantitative estimate of drug-likeness (QED) is 0.598. The fourth-order valence-electron chi connectivity index (χ4n) is 1.77. The average Bonchev–Trinajstić information content (AvgIpc) is 3.07. The van der Waals surface area contributed by atoms with Crippen molar-refractivity contribution in [3.8, 4) is 12.1 Å². The van der Waals surface area contributed by atoms with Crippen LogP contribution in [0.2, 0.25) is 0 Å². The molecule has 0 saturated carbocycles. The minimum Gasteiger partial charge on any atom is -0.465 e. The van der Waals surface area contributed by atoms with E-state index in [-0.39, 0.29) is 33.6 Å². The first kappa shape index (κ1) is 18.3. The third-order valence-corrected chi connectivity index (χ3v) is 4.79. The molecule has 8 nitrogen and oxygen atoms in total. The first-order chi connectivity index (χ1) is 12.0. The minimum atomic E-state index is -0.536. The van der Waals surface area contributed by atoms with Crippen LogP contribution in [0, 0.1) is 22.7 Å². The van der Waals surface area contributed by atoms with Crippen LogP contribution in [0.5, 0.6) is 0 Å². The van der Waals surface area contributed by atoms with Gasteiger partial charge in [-0.3, -0.25) is 4.79 Å². The van der Waals surface area contributed by atoms with Gasteiger partial charge in [-0.25, -0.2) is 9.78 Å². The van der Waals surface area contributed by atoms with E-state index in [0.717, 1.165) is 23.1 Å². The van der Waals surface area contributed by atoms with Gasteiger partial charge in [0.05, 0.1) is 29.7 Å². The van der Waals surface area contributed by atoms with Crippen molar-refractivity contribution in [3.63, 3.8) is 0 Å². The lowest BCUT2D eigenvalue weighted by molar-refractivity contribution is -0.113. The Morgan fingerprint density at radius 2 is 2.12 bits per heavy atom. The predicted octanol–water partition coefficient (Wildman–Crippen LogP) is 1.99. The Labute approximate surface area is 151 Å². The molecule has 0 spiro atoms. The summed E-state index contributed by atoms with van der Waals surface area (Å²) in [5.74, 6) is -0.979. The van der Waals surface area contributed by atoms with Crippen molar-refractivity contribution in [2.24, 2.45) is 0 Å². The average molecular weight is 373 g/mol. The Kier molecular flexibility index (Phi) is 5.95. The number of hydrogen-bond donors (Lipinski definition) is 2. The number of carbonyl (C=O) groups is 2. The molecule has 25 heavy (non-hydrogen) atoms. The molecule has 2 aromatic heterocycles. The minimum absolute atomic E-state index is 0.00443. The summed E-state index contributed by atoms with van der Waals surface area (Å²) in [5.41, 5.74) is 6.25. The summed E-state index contributed by atoms with van der Waals surface area (Å²) in [6.45, 7) is 0. The number of nitriles is 2. The van der Waals surface area contributed by atoms with Crippen LogP contribution in [-0.4, -0.2) is 29.7 Å². The van der Waals surface area contributed by atoms with Crippen molar-refractivity contribution >= 4 is 46.5 Å². The third-order valence-electron chi connectivity index (χ3n) is 2.91. The van der Waals surface area contributed by atoms with Crippen molar-refractivity contribution in [2.45, 2.75) is 5.03 Å². The van der Waals surface area contributed by atoms with Crippen LogP contribution in [0.3, 0.4) is 0 Å². The first-order valence-electron chi connectivity index (χ1n) is 6.69. The van der Waals surface area contributed by atoms with Gasteiger partial charge in [0.1, 0.15) is 27.9 Å². The van der Waals surface area contributed by atoms with Gasteiger partial charge in [0.25, 0.3) is 0 Å². The van der Waals surface area contributed by atoms with E-state index >= 15 is 0 Å². The highest BCUT2D eigenvalue weighted by Crippen LogP contribution is 2.26. The Hall–Kier alpha value is -3.08. The highest BCUT2D eigenvalue weighted by atomic mass is 32.2. The Morgan fingerprint density at radius 3 is 2.76 bits per heavy atom. The summed E-state index contributed by atoms with van der Waals surface area (Å²) >= 11 is 2.16. The molecule has 2 aromatic rings. The van der Waals surface area contributed by atoms with E-state index in [4.69, 9.17) is 16.3 Å². The molecule has 126 valence electrons. The van der Waals surface area contributed by atoms with Crippen molar-refractivity contribution < 1.29 is 14.3 Å². The molecule has 0 atom stereocenters. The van der Waals surface area contributed by atoms with E-state index in [9.17, 15) is 9.59 Å². The number of nitrogens with two attached hydrogens (primary N) is 1. The number of carbonyl (C=O) groups excluding carboxylic acids is 2. The van der Waals surface area contributed by atoms with Crippen molar-refractivity contribution in [1.82, 2.24) is 4.98 Å². The SMILES string of the molecule is COC(=O)c1sccc1NC(=O)CSc1nc(N)c(C#N)cc1C#N. The number of ether oxygens (including phenoxy) is 1. The zero-order valence-electron chi connectivity index (χ0n) is 12.9. The smallest absolute Gasteiger partial charge is 0.350 e. The summed E-state index contributed by atoms with van der Waals surface area (Å²) in [7, 11) is 1.26. The van der Waals surface area contributed by atoms with Crippen LogP contribution in [0.1, 0.15) is 20.8 Å². The molecule has 0 unspecified atom stereocenters. The molecule has 0 fully saturated rings. The summed E-state index contributed by atoms with van der Waals surface area (Å²) in [6, 6.07) is 6.69. The molecule has 2 rings (SSSR count). The van der Waals surface area contributed by atoms with Gasteiger partial charge in [-0.1, -0.05) is 11.8 Å². The zero-order chi connectivity index (χ0) is 18.4. The fraction of sp³-hybridized carbons (Fsp3) is 0.133. The van der Waals surface area contributed by atoms with E-state index in [0.29, 0.717) is 10.6 Å². The lowest BCUT2D eigenvalue weighted by atomic mass is 10.2. The molecular formula is C15H11N5O3S2. The molecule has 0 aromatic carbocycles. The predicted molar refractivity (Wildman–Crippen MR) is 93.1 cm³/mol. The lowest BCUT2D eigenvalue weighted by Gasteiger charge is -2.07. The maximum absolute atomic E-state index is 12.1. The number of methoxy groups -OCH3 is 1. The van der Waals surface area contributed by atoms with Gasteiger partial charge in [-0.15, -0.1) is 11.3 Å². The van der Waals surface area contributed by atoms with Crippen LogP contribution in [0.15, 0.2) is 22.5 Å². The summed E-state index contributed by atoms with van der Waals surface area (Å²) < 4.78 is 4.64. The Balaban J connectivity index is 2.08. The fourth-order valence-corrected chi connectivity index (χ4v) is 3.30. The lowest BCUT2D eigenvalue weighted by Crippen LogP contribution is -2.16. The van der Waals surface area contributed by atoms with E-state index in [1.54, 1.807) is 11.4 Å². The topological polar surface area (TPSA) is 142 Å². The molecule has 10 heteroatoms. The Morgan fingerprint density at radius 1 is 1.40 bits per heavy atom. The molecular weight excluding hydrogens is 362 g/mol. The summed E-state index contributed by atoms with van der Waals surface area (Å²) in [6.07, 6.45) is 0. The number of aromatic nitrogens is 1. The second-order valence-corrected chi connectivity index (χ2v) is 6.37. The standard InChI is InChI=1S/C15H11N5O3S2/c1-23-15(22)12-10(2-3-24-12)19-11(21)7-25-14-9(6-17)4-8(5-16)13(18)20-14/h2-4H,7H2,1H3,(H2,18,20)(H,19,21). The monoisotopic (exact) mass is 373 g/mol. The van der Waals surface area contributed by atoms with E-state index in [1.165, 1.54) is 13.2 Å². The number of esters is 1. The van der Waals surface area contributed by atoms with Gasteiger partial charge in [-0.05, 0) is 17.5 Å². The molecule has 1 amide bonds. The second-order valence-electron chi connectivity index (χ2n) is 4.49. The van der Waals surface area contributed by atoms with Gasteiger partial charge >= 0.3 is 5.97 Å². The first-order valence-corrected chi connectivity index (χ1v) is 8.55.